The Labute approximate surface area is 272 Å². The zero-order chi connectivity index (χ0) is 33.6. The fraction of sp³-hybridized carbons (Fsp3) is 0.393. The molecule has 0 saturated carbocycles. The molecule has 0 unspecified atom stereocenters. The standard InChI is InChI=1S/C26H21BrClF3N8O5.C2H6/c1-12-20(41)19(33-11-32-12)22(43)37-6-4-25(5-7-37)18-16(10-44-25)38(24-35-23(27)36-39(24)21(18)42)9-17(40)34-15-3-2-13(8-14(15)28)26(29,30)31;1-2/h2-3,8,11,41H,4-7,9-10H2,1H3,(H,34,40);1-2H3. The van der Waals surface area contributed by atoms with Crippen molar-refractivity contribution in [1.82, 2.24) is 34.0 Å². The minimum absolute atomic E-state index is 0.0318. The van der Waals surface area contributed by atoms with Gasteiger partial charge in [0, 0.05) is 13.1 Å². The lowest BCUT2D eigenvalue weighted by Crippen LogP contribution is -2.47. The second kappa shape index (κ2) is 12.6. The highest BCUT2D eigenvalue weighted by Crippen LogP contribution is 2.43. The molecular formula is C28H27BrClF3N8O5. The van der Waals surface area contributed by atoms with Crippen LogP contribution < -0.4 is 10.9 Å². The zero-order valence-corrected chi connectivity index (χ0v) is 27.0. The Hall–Kier alpha value is -4.09. The molecule has 1 fully saturated rings. The summed E-state index contributed by atoms with van der Waals surface area (Å²) < 4.78 is 47.9. The lowest BCUT2D eigenvalue weighted by molar-refractivity contribution is -0.137. The van der Waals surface area contributed by atoms with Crippen LogP contribution in [0.5, 0.6) is 5.75 Å². The molecule has 3 aromatic heterocycles. The second-order valence-electron chi connectivity index (χ2n) is 10.3. The van der Waals surface area contributed by atoms with Gasteiger partial charge in [0.15, 0.2) is 11.4 Å². The number of fused-ring (bicyclic) bond motifs is 3. The van der Waals surface area contributed by atoms with Crippen LogP contribution in [0.25, 0.3) is 5.78 Å². The van der Waals surface area contributed by atoms with Gasteiger partial charge in [-0.3, -0.25) is 14.4 Å². The van der Waals surface area contributed by atoms with Gasteiger partial charge in [-0.15, -0.1) is 5.10 Å². The third-order valence-corrected chi connectivity index (χ3v) is 8.35. The summed E-state index contributed by atoms with van der Waals surface area (Å²) in [5.74, 6) is -1.41. The average molecular weight is 728 g/mol. The largest absolute Gasteiger partial charge is 0.504 e. The van der Waals surface area contributed by atoms with Crippen LogP contribution in [0.1, 0.15) is 59.7 Å². The van der Waals surface area contributed by atoms with Crippen molar-refractivity contribution in [3.8, 4) is 5.75 Å². The lowest BCUT2D eigenvalue weighted by Gasteiger charge is -2.38. The first-order chi connectivity index (χ1) is 21.8. The van der Waals surface area contributed by atoms with Crippen LogP contribution in [-0.4, -0.2) is 64.0 Å². The minimum Gasteiger partial charge on any atom is -0.504 e. The van der Waals surface area contributed by atoms with E-state index in [2.05, 4.69) is 41.3 Å². The first kappa shape index (κ1) is 33.3. The van der Waals surface area contributed by atoms with Crippen LogP contribution in [0, 0.1) is 6.92 Å². The molecule has 0 radical (unpaired) electrons. The molecule has 0 bridgehead atoms. The number of carbonyl (C=O) groups is 2. The van der Waals surface area contributed by atoms with E-state index in [0.29, 0.717) is 11.8 Å². The Bertz CT molecular complexity index is 1910. The summed E-state index contributed by atoms with van der Waals surface area (Å²) in [7, 11) is 0. The summed E-state index contributed by atoms with van der Waals surface area (Å²) in [4.78, 5) is 53.5. The molecule has 1 spiro atoms. The quantitative estimate of drug-likeness (QED) is 0.310. The molecule has 2 amide bonds. The molecule has 18 heteroatoms. The van der Waals surface area contributed by atoms with Crippen molar-refractivity contribution < 1.29 is 32.6 Å². The van der Waals surface area contributed by atoms with Crippen LogP contribution in [-0.2, 0) is 34.5 Å². The third-order valence-electron chi connectivity index (χ3n) is 7.71. The predicted octanol–water partition coefficient (Wildman–Crippen LogP) is 4.46. The first-order valence-electron chi connectivity index (χ1n) is 14.1. The average Bonchev–Trinajstić information content (AvgIpc) is 3.59. The highest BCUT2D eigenvalue weighted by Gasteiger charge is 2.48. The molecule has 0 aliphatic carbocycles. The third kappa shape index (κ3) is 5.93. The summed E-state index contributed by atoms with van der Waals surface area (Å²) in [6, 6.07) is 2.57. The van der Waals surface area contributed by atoms with Gasteiger partial charge in [-0.05, 0) is 53.9 Å². The number of nitrogens with one attached hydrogen (secondary N) is 1. The number of rotatable bonds is 4. The summed E-state index contributed by atoms with van der Waals surface area (Å²) in [6.45, 7) is 5.44. The Kier molecular flexibility index (Phi) is 9.12. The summed E-state index contributed by atoms with van der Waals surface area (Å²) >= 11 is 9.19. The Morgan fingerprint density at radius 3 is 2.54 bits per heavy atom. The molecule has 46 heavy (non-hydrogen) atoms. The molecule has 2 aliphatic heterocycles. The molecule has 0 atom stereocenters. The number of hydrogen-bond donors (Lipinski definition) is 2. The van der Waals surface area contributed by atoms with Crippen LogP contribution in [0.2, 0.25) is 5.02 Å². The molecule has 2 aliphatic rings. The Morgan fingerprint density at radius 2 is 1.89 bits per heavy atom. The number of aromatic nitrogens is 6. The number of hydrogen-bond acceptors (Lipinski definition) is 9. The molecule has 13 nitrogen and oxygen atoms in total. The Balaban J connectivity index is 0.00000204. The molecule has 244 valence electrons. The summed E-state index contributed by atoms with van der Waals surface area (Å²) in [5, 5.41) is 16.6. The number of piperidine rings is 1. The van der Waals surface area contributed by atoms with Gasteiger partial charge in [-0.1, -0.05) is 25.4 Å². The first-order valence-corrected chi connectivity index (χ1v) is 15.2. The molecular weight excluding hydrogens is 701 g/mol. The van der Waals surface area contributed by atoms with Gasteiger partial charge >= 0.3 is 6.18 Å². The van der Waals surface area contributed by atoms with E-state index < -0.39 is 41.3 Å². The van der Waals surface area contributed by atoms with Crippen LogP contribution in [0.4, 0.5) is 18.9 Å². The maximum atomic E-state index is 13.7. The van der Waals surface area contributed by atoms with E-state index in [1.807, 2.05) is 13.8 Å². The number of benzene rings is 1. The SMILES string of the molecule is CC.Cc1ncnc(C(=O)N2CCC3(CC2)OCc2c3c(=O)n3nc(Br)nc3n2CC(=O)Nc2ccc(C(F)(F)F)cc2Cl)c1O. The van der Waals surface area contributed by atoms with E-state index in [4.69, 9.17) is 16.3 Å². The number of aryl methyl sites for hydroxylation is 1. The molecule has 1 saturated heterocycles. The van der Waals surface area contributed by atoms with E-state index in [1.54, 1.807) is 6.92 Å². The van der Waals surface area contributed by atoms with Crippen LogP contribution >= 0.6 is 27.5 Å². The number of alkyl halides is 3. The van der Waals surface area contributed by atoms with Gasteiger partial charge in [0.1, 0.15) is 18.5 Å². The number of anilines is 1. The van der Waals surface area contributed by atoms with Crippen molar-refractivity contribution in [2.24, 2.45) is 0 Å². The topological polar surface area (TPSA) is 157 Å². The fourth-order valence-electron chi connectivity index (χ4n) is 5.49. The molecule has 6 rings (SSSR count). The summed E-state index contributed by atoms with van der Waals surface area (Å²) in [6.07, 6.45) is -2.97. The summed E-state index contributed by atoms with van der Waals surface area (Å²) in [5.41, 5.74) is -1.83. The van der Waals surface area contributed by atoms with Gasteiger partial charge in [0.05, 0.1) is 39.8 Å². The Morgan fingerprint density at radius 1 is 1.20 bits per heavy atom. The second-order valence-corrected chi connectivity index (χ2v) is 11.4. The van der Waals surface area contributed by atoms with E-state index in [9.17, 15) is 32.7 Å². The van der Waals surface area contributed by atoms with Gasteiger partial charge in [0.2, 0.25) is 16.4 Å². The van der Waals surface area contributed by atoms with Gasteiger partial charge < -0.3 is 24.6 Å². The van der Waals surface area contributed by atoms with Crippen molar-refractivity contribution in [2.45, 2.75) is 58.5 Å². The number of nitrogens with zero attached hydrogens (tertiary/aromatic N) is 7. The number of ether oxygens (including phenoxy) is 1. The van der Waals surface area contributed by atoms with E-state index in [0.717, 1.165) is 16.6 Å². The monoisotopic (exact) mass is 726 g/mol. The number of halogens is 5. The predicted molar refractivity (Wildman–Crippen MR) is 161 cm³/mol. The van der Waals surface area contributed by atoms with Crippen molar-refractivity contribution in [2.75, 3.05) is 18.4 Å². The molecule has 2 N–H and O–H groups in total. The maximum Gasteiger partial charge on any atom is 0.416 e. The number of likely N-dealkylation sites (tertiary alicyclic amines) is 1. The van der Waals surface area contributed by atoms with E-state index in [1.165, 1.54) is 15.8 Å². The van der Waals surface area contributed by atoms with E-state index in [-0.39, 0.29) is 76.5 Å². The smallest absolute Gasteiger partial charge is 0.416 e. The van der Waals surface area contributed by atoms with Crippen molar-refractivity contribution in [3.63, 3.8) is 0 Å². The lowest BCUT2D eigenvalue weighted by atomic mass is 9.85. The number of aromatic hydroxyl groups is 1. The van der Waals surface area contributed by atoms with Crippen molar-refractivity contribution in [3.05, 3.63) is 72.8 Å². The van der Waals surface area contributed by atoms with Gasteiger partial charge in [-0.25, -0.2) is 9.97 Å². The maximum absolute atomic E-state index is 13.7. The number of carbonyl (C=O) groups excluding carboxylic acids is 2. The van der Waals surface area contributed by atoms with E-state index >= 15 is 0 Å². The van der Waals surface area contributed by atoms with Gasteiger partial charge in [-0.2, -0.15) is 22.7 Å². The molecule has 4 aromatic rings. The van der Waals surface area contributed by atoms with Crippen LogP contribution in [0.15, 0.2) is 34.1 Å². The highest BCUT2D eigenvalue weighted by molar-refractivity contribution is 9.10. The number of amides is 2. The normalized spacial score (nSPS) is 15.4. The molecule has 5 heterocycles. The van der Waals surface area contributed by atoms with Crippen molar-refractivity contribution >= 4 is 50.8 Å². The van der Waals surface area contributed by atoms with Gasteiger partial charge in [0.25, 0.3) is 11.5 Å². The van der Waals surface area contributed by atoms with Crippen molar-refractivity contribution in [1.29, 1.82) is 0 Å². The molecule has 1 aromatic carbocycles. The minimum atomic E-state index is -4.61. The van der Waals surface area contributed by atoms with Crippen LogP contribution in [0.3, 0.4) is 0 Å². The zero-order valence-electron chi connectivity index (χ0n) is 24.7. The fourth-order valence-corrected chi connectivity index (χ4v) is 6.04. The highest BCUT2D eigenvalue weighted by atomic mass is 79.9.